The molecule has 0 aliphatic heterocycles. The van der Waals surface area contributed by atoms with Crippen LogP contribution in [0.4, 0.5) is 17.6 Å². The zero-order valence-corrected chi connectivity index (χ0v) is 37.1. The maximum absolute atomic E-state index is 13.5. The van der Waals surface area contributed by atoms with E-state index in [0.29, 0.717) is 58.8 Å². The predicted molar refractivity (Wildman–Crippen MR) is 244 cm³/mol. The molecule has 8 rings (SSSR count). The van der Waals surface area contributed by atoms with Gasteiger partial charge >= 0.3 is 12.0 Å². The first-order chi connectivity index (χ1) is 30.3. The number of thioether (sulfide) groups is 1. The summed E-state index contributed by atoms with van der Waals surface area (Å²) in [5.41, 5.74) is 6.51. The molecule has 0 bridgehead atoms. The minimum absolute atomic E-state index is 0.0178. The van der Waals surface area contributed by atoms with E-state index < -0.39 is 23.3 Å². The van der Waals surface area contributed by atoms with Gasteiger partial charge in [-0.05, 0) is 107 Å². The predicted octanol–water partition coefficient (Wildman–Crippen LogP) is 15.3. The highest BCUT2D eigenvalue weighted by Gasteiger charge is 2.18. The second-order valence-corrected chi connectivity index (χ2v) is 16.4. The van der Waals surface area contributed by atoms with Crippen LogP contribution in [0.15, 0.2) is 139 Å². The molecule has 0 unspecified atom stereocenters. The molecule has 8 aromatic rings. The van der Waals surface area contributed by atoms with Crippen LogP contribution in [-0.4, -0.2) is 26.2 Å². The van der Waals surface area contributed by atoms with Gasteiger partial charge in [0.2, 0.25) is 0 Å². The van der Waals surface area contributed by atoms with Crippen molar-refractivity contribution >= 4 is 69.8 Å². The number of rotatable bonds is 11. The summed E-state index contributed by atoms with van der Waals surface area (Å²) in [4.78, 5) is 18.7. The summed E-state index contributed by atoms with van der Waals surface area (Å²) >= 11 is 32.7. The molecule has 318 valence electrons. The Hall–Kier alpha value is -5.40. The van der Waals surface area contributed by atoms with E-state index >= 15 is 0 Å². The van der Waals surface area contributed by atoms with Crippen molar-refractivity contribution in [3.63, 3.8) is 0 Å². The third-order valence-electron chi connectivity index (χ3n) is 9.17. The highest BCUT2D eigenvalue weighted by atomic mass is 35.5. The summed E-state index contributed by atoms with van der Waals surface area (Å²) in [5.74, 6) is -3.73. The fraction of sp³-hybridized carbons (Fsp3) is 0.0638. The Morgan fingerprint density at radius 1 is 0.460 bits per heavy atom. The molecule has 0 spiro atoms. The fourth-order valence-electron chi connectivity index (χ4n) is 6.01. The molecule has 0 atom stereocenters. The number of nitrogens with zero attached hydrogens (tertiary/aromatic N) is 4. The van der Waals surface area contributed by atoms with Gasteiger partial charge in [0.25, 0.3) is 0 Å². The molecule has 6 nitrogen and oxygen atoms in total. The Bertz CT molecular complexity index is 2910. The highest BCUT2D eigenvalue weighted by Crippen LogP contribution is 2.39. The zero-order chi connectivity index (χ0) is 44.6. The number of benzene rings is 6. The van der Waals surface area contributed by atoms with Crippen LogP contribution in [0.25, 0.3) is 44.8 Å². The summed E-state index contributed by atoms with van der Waals surface area (Å²) in [5, 5.41) is 2.66. The van der Waals surface area contributed by atoms with Gasteiger partial charge in [-0.25, -0.2) is 27.5 Å². The Kier molecular flexibility index (Phi) is 15.1. The molecule has 2 aromatic heterocycles. The number of aromatic nitrogens is 4. The van der Waals surface area contributed by atoms with Gasteiger partial charge in [-0.15, -0.1) is 11.8 Å². The number of hydrogen-bond acceptors (Lipinski definition) is 7. The molecule has 63 heavy (non-hydrogen) atoms. The third-order valence-corrected chi connectivity index (χ3v) is 11.3. The van der Waals surface area contributed by atoms with Crippen LogP contribution in [0, 0.1) is 23.3 Å². The Morgan fingerprint density at radius 2 is 0.889 bits per heavy atom. The first-order valence-corrected chi connectivity index (χ1v) is 21.7. The topological polar surface area (TPSA) is 70.0 Å². The first-order valence-electron chi connectivity index (χ1n) is 18.5. The van der Waals surface area contributed by atoms with E-state index in [2.05, 4.69) is 19.9 Å². The summed E-state index contributed by atoms with van der Waals surface area (Å²) in [6.07, 6.45) is 5.22. The molecular weight excluding hydrogens is 938 g/mol. The highest BCUT2D eigenvalue weighted by molar-refractivity contribution is 7.98. The standard InChI is InChI=1S/C24H16Cl2F2N2OS.C23H13Cl3F2N2O/c1-32-17-7-8-18(20(26)11-17)23-19(15-3-5-16(25)6-4-15)12-29-24(30-23)31-13-14-2-9-21(27)22(28)10-14;24-15-4-2-14(3-5-15)18-11-29-23(31-12-13-1-8-20(27)21(28)9-13)30-22(18)17-7-6-16(25)10-19(17)26/h2-12H,13H2,1H3;1-11H,12H2. The fourth-order valence-corrected chi connectivity index (χ4v) is 7.54. The average Bonchev–Trinajstić information content (AvgIpc) is 3.28. The molecule has 0 aliphatic carbocycles. The van der Waals surface area contributed by atoms with Crippen molar-refractivity contribution in [2.75, 3.05) is 6.26 Å². The lowest BCUT2D eigenvalue weighted by atomic mass is 10.0. The van der Waals surface area contributed by atoms with Gasteiger partial charge < -0.3 is 9.47 Å². The quantitative estimate of drug-likeness (QED) is 0.0945. The van der Waals surface area contributed by atoms with Crippen LogP contribution in [0.5, 0.6) is 12.0 Å². The van der Waals surface area contributed by atoms with Gasteiger partial charge in [-0.1, -0.05) is 100 Å². The number of hydrogen-bond donors (Lipinski definition) is 0. The molecule has 0 aliphatic rings. The van der Waals surface area contributed by atoms with Gasteiger partial charge in [-0.2, -0.15) is 9.97 Å². The van der Waals surface area contributed by atoms with Gasteiger partial charge in [0.15, 0.2) is 23.3 Å². The van der Waals surface area contributed by atoms with Crippen molar-refractivity contribution in [2.24, 2.45) is 0 Å². The van der Waals surface area contributed by atoms with Crippen LogP contribution < -0.4 is 9.47 Å². The third kappa shape index (κ3) is 11.6. The van der Waals surface area contributed by atoms with Crippen LogP contribution in [0.2, 0.25) is 25.1 Å². The molecule has 0 saturated carbocycles. The van der Waals surface area contributed by atoms with E-state index in [0.717, 1.165) is 51.4 Å². The SMILES string of the molecule is CSc1ccc(-c2nc(OCc3ccc(F)c(F)c3)ncc2-c2ccc(Cl)cc2)c(Cl)c1.Fc1ccc(COc2ncc(-c3ccc(Cl)cc3)c(-c3ccc(Cl)cc3Cl)n2)cc1F. The maximum Gasteiger partial charge on any atom is 0.317 e. The van der Waals surface area contributed by atoms with Crippen molar-refractivity contribution in [1.82, 2.24) is 19.9 Å². The lowest BCUT2D eigenvalue weighted by Crippen LogP contribution is -2.02. The van der Waals surface area contributed by atoms with Gasteiger partial charge in [0, 0.05) is 54.6 Å². The summed E-state index contributed by atoms with van der Waals surface area (Å²) in [6, 6.07) is 32.6. The number of halogens is 9. The molecule has 16 heteroatoms. The maximum atomic E-state index is 13.5. The molecule has 0 radical (unpaired) electrons. The first kappa shape index (κ1) is 45.6. The van der Waals surface area contributed by atoms with Gasteiger partial charge in [0.05, 0.1) is 21.4 Å². The molecule has 0 fully saturated rings. The molecule has 0 N–H and O–H groups in total. The van der Waals surface area contributed by atoms with Crippen molar-refractivity contribution in [3.8, 4) is 56.8 Å². The minimum Gasteiger partial charge on any atom is -0.459 e. The Morgan fingerprint density at radius 3 is 1.30 bits per heavy atom. The van der Waals surface area contributed by atoms with Crippen molar-refractivity contribution in [3.05, 3.63) is 193 Å². The minimum atomic E-state index is -0.950. The Labute approximate surface area is 388 Å². The number of ether oxygens (including phenoxy) is 2. The van der Waals surface area contributed by atoms with Gasteiger partial charge in [0.1, 0.15) is 13.2 Å². The zero-order valence-electron chi connectivity index (χ0n) is 32.5. The van der Waals surface area contributed by atoms with E-state index in [1.807, 2.05) is 48.7 Å². The second kappa shape index (κ2) is 20.9. The second-order valence-electron chi connectivity index (χ2n) is 13.4. The summed E-state index contributed by atoms with van der Waals surface area (Å²) < 4.78 is 64.5. The Balaban J connectivity index is 0.000000189. The monoisotopic (exact) mass is 964 g/mol. The molecule has 0 saturated heterocycles. The van der Waals surface area contributed by atoms with Crippen LogP contribution in [0.1, 0.15) is 11.1 Å². The largest absolute Gasteiger partial charge is 0.459 e. The van der Waals surface area contributed by atoms with E-state index in [1.165, 1.54) is 12.1 Å². The van der Waals surface area contributed by atoms with Crippen LogP contribution in [0.3, 0.4) is 0 Å². The lowest BCUT2D eigenvalue weighted by Gasteiger charge is -2.13. The normalized spacial score (nSPS) is 10.9. The molecule has 6 aromatic carbocycles. The summed E-state index contributed by atoms with van der Waals surface area (Å²) in [7, 11) is 0. The van der Waals surface area contributed by atoms with Crippen molar-refractivity contribution < 1.29 is 27.0 Å². The van der Waals surface area contributed by atoms with Crippen molar-refractivity contribution in [2.45, 2.75) is 18.1 Å². The van der Waals surface area contributed by atoms with Gasteiger partial charge in [-0.3, -0.25) is 0 Å². The molecular formula is C47H29Cl5F4N4O2S. The van der Waals surface area contributed by atoms with Crippen molar-refractivity contribution in [1.29, 1.82) is 0 Å². The molecule has 0 amide bonds. The van der Waals surface area contributed by atoms with Crippen LogP contribution >= 0.6 is 69.8 Å². The van der Waals surface area contributed by atoms with E-state index in [4.69, 9.17) is 67.5 Å². The van der Waals surface area contributed by atoms with E-state index in [-0.39, 0.29) is 25.2 Å². The summed E-state index contributed by atoms with van der Waals surface area (Å²) in [6.45, 7) is -0.0542. The lowest BCUT2D eigenvalue weighted by molar-refractivity contribution is 0.280. The molecule has 2 heterocycles. The van der Waals surface area contributed by atoms with Crippen LogP contribution in [-0.2, 0) is 13.2 Å². The average molecular weight is 967 g/mol. The van der Waals surface area contributed by atoms with E-state index in [1.54, 1.807) is 66.6 Å². The van der Waals surface area contributed by atoms with E-state index in [9.17, 15) is 17.6 Å². The smallest absolute Gasteiger partial charge is 0.317 e.